The number of fused-ring (bicyclic) bond motifs is 1. The number of methoxy groups -OCH3 is 1. The van der Waals surface area contributed by atoms with Crippen molar-refractivity contribution in [3.63, 3.8) is 0 Å². The molecule has 0 aliphatic carbocycles. The number of carbonyl (C=O) groups excluding carboxylic acids is 1. The maximum Gasteiger partial charge on any atom is 0.337 e. The second-order valence-corrected chi connectivity index (χ2v) is 11.3. The molecule has 0 radical (unpaired) electrons. The van der Waals surface area contributed by atoms with Gasteiger partial charge in [0.25, 0.3) is 0 Å². The van der Waals surface area contributed by atoms with Gasteiger partial charge in [0.05, 0.1) is 60.1 Å². The smallest absolute Gasteiger partial charge is 0.337 e. The molecule has 3 atom stereocenters. The summed E-state index contributed by atoms with van der Waals surface area (Å²) >= 11 is 0. The van der Waals surface area contributed by atoms with Gasteiger partial charge < -0.3 is 23.7 Å². The molecule has 4 heterocycles. The third-order valence-corrected chi connectivity index (χ3v) is 8.55. The van der Waals surface area contributed by atoms with Crippen LogP contribution in [0.1, 0.15) is 46.7 Å². The molecule has 0 saturated carbocycles. The number of benzene rings is 2. The van der Waals surface area contributed by atoms with Crippen LogP contribution in [0.3, 0.4) is 0 Å². The van der Waals surface area contributed by atoms with Crippen LogP contribution in [-0.4, -0.2) is 77.6 Å². The number of esters is 1. The molecule has 0 spiro atoms. The number of aromatic nitrogens is 3. The van der Waals surface area contributed by atoms with E-state index in [9.17, 15) is 13.6 Å². The molecule has 2 aromatic carbocycles. The largest absolute Gasteiger partial charge is 0.473 e. The fourth-order valence-electron chi connectivity index (χ4n) is 5.95. The molecule has 0 N–H and O–H groups in total. The summed E-state index contributed by atoms with van der Waals surface area (Å²) in [5, 5.41) is 8.96. The van der Waals surface area contributed by atoms with E-state index in [1.807, 2.05) is 30.0 Å². The monoisotopic (exact) mass is 616 g/mol. The van der Waals surface area contributed by atoms with Crippen molar-refractivity contribution < 1.29 is 27.8 Å². The molecule has 2 saturated heterocycles. The van der Waals surface area contributed by atoms with Crippen LogP contribution in [0.2, 0.25) is 0 Å². The lowest BCUT2D eigenvalue weighted by Gasteiger charge is -2.43. The number of carbonyl (C=O) groups is 1. The van der Waals surface area contributed by atoms with Gasteiger partial charge in [0.2, 0.25) is 5.88 Å². The number of anilines is 1. The molecule has 2 aromatic heterocycles. The second-order valence-electron chi connectivity index (χ2n) is 11.3. The molecular formula is C33H34F2N6O4. The van der Waals surface area contributed by atoms with Gasteiger partial charge in [-0.3, -0.25) is 4.90 Å². The van der Waals surface area contributed by atoms with Crippen LogP contribution in [0.4, 0.5) is 14.6 Å². The highest BCUT2D eigenvalue weighted by Crippen LogP contribution is 2.31. The first kappa shape index (κ1) is 30.4. The summed E-state index contributed by atoms with van der Waals surface area (Å²) in [7, 11) is 1.35. The van der Waals surface area contributed by atoms with Crippen LogP contribution in [0, 0.1) is 17.1 Å². The Kier molecular flexibility index (Phi) is 8.91. The van der Waals surface area contributed by atoms with Gasteiger partial charge in [-0.25, -0.2) is 18.6 Å². The number of rotatable bonds is 10. The first-order valence-electron chi connectivity index (χ1n) is 14.9. The van der Waals surface area contributed by atoms with Gasteiger partial charge >= 0.3 is 5.97 Å². The molecule has 0 amide bonds. The van der Waals surface area contributed by atoms with E-state index in [0.717, 1.165) is 23.3 Å². The fraction of sp³-hybridized carbons (Fsp3) is 0.394. The number of nitriles is 1. The molecule has 2 aliphatic heterocycles. The number of hydrogen-bond acceptors (Lipinski definition) is 9. The van der Waals surface area contributed by atoms with Gasteiger partial charge in [0.1, 0.15) is 30.7 Å². The maximum absolute atomic E-state index is 14.7. The van der Waals surface area contributed by atoms with Crippen molar-refractivity contribution >= 4 is 22.8 Å². The molecule has 12 heteroatoms. The molecule has 6 rings (SSSR count). The molecule has 10 nitrogen and oxygen atoms in total. The zero-order chi connectivity index (χ0) is 31.5. The lowest BCUT2D eigenvalue weighted by atomic mass is 10.1. The normalized spacial score (nSPS) is 19.1. The van der Waals surface area contributed by atoms with E-state index in [-0.39, 0.29) is 24.3 Å². The summed E-state index contributed by atoms with van der Waals surface area (Å²) in [6.45, 7) is 4.30. The third kappa shape index (κ3) is 6.32. The van der Waals surface area contributed by atoms with Crippen LogP contribution in [-0.2, 0) is 22.6 Å². The van der Waals surface area contributed by atoms with Gasteiger partial charge in [0.15, 0.2) is 0 Å². The van der Waals surface area contributed by atoms with Gasteiger partial charge in [0, 0.05) is 37.9 Å². The highest BCUT2D eigenvalue weighted by atomic mass is 19.1. The maximum atomic E-state index is 14.7. The summed E-state index contributed by atoms with van der Waals surface area (Å²) in [5.41, 5.74) is 2.56. The Bertz CT molecular complexity index is 1740. The van der Waals surface area contributed by atoms with Crippen molar-refractivity contribution in [1.29, 1.82) is 5.26 Å². The number of nitrogens with zero attached hydrogens (tertiary/aromatic N) is 6. The lowest BCUT2D eigenvalue weighted by molar-refractivity contribution is -0.0595. The van der Waals surface area contributed by atoms with Crippen molar-refractivity contribution in [2.24, 2.45) is 0 Å². The zero-order valence-corrected chi connectivity index (χ0v) is 25.2. The van der Waals surface area contributed by atoms with Crippen molar-refractivity contribution in [3.8, 4) is 11.9 Å². The SMILES string of the molecule is COC(=O)c1ccc2nc([C@H](C)N3CCN(c4cccc(OCc5ccc(C#N)cc5F)n4)CC3CF)n(CC3CCO3)c2c1. The molecule has 234 valence electrons. The van der Waals surface area contributed by atoms with Gasteiger partial charge in [-0.05, 0) is 49.7 Å². The highest BCUT2D eigenvalue weighted by molar-refractivity contribution is 5.93. The number of hydrogen-bond donors (Lipinski definition) is 0. The van der Waals surface area contributed by atoms with Crippen LogP contribution >= 0.6 is 0 Å². The molecule has 4 aromatic rings. The van der Waals surface area contributed by atoms with Crippen molar-refractivity contribution in [3.05, 3.63) is 82.9 Å². The van der Waals surface area contributed by atoms with Crippen LogP contribution in [0.15, 0.2) is 54.6 Å². The number of halogens is 2. The Morgan fingerprint density at radius 3 is 2.73 bits per heavy atom. The molecule has 2 fully saturated rings. The predicted molar refractivity (Wildman–Crippen MR) is 162 cm³/mol. The van der Waals surface area contributed by atoms with Gasteiger partial charge in [-0.1, -0.05) is 12.1 Å². The molecule has 2 unspecified atom stereocenters. The van der Waals surface area contributed by atoms with Crippen molar-refractivity contribution in [2.75, 3.05) is 44.9 Å². The van der Waals surface area contributed by atoms with E-state index in [0.29, 0.717) is 55.6 Å². The topological polar surface area (TPSA) is 106 Å². The minimum Gasteiger partial charge on any atom is -0.473 e. The number of ether oxygens (including phenoxy) is 3. The van der Waals surface area contributed by atoms with E-state index in [1.54, 1.807) is 30.3 Å². The minimum absolute atomic E-state index is 0.0413. The third-order valence-electron chi connectivity index (χ3n) is 8.55. The fourth-order valence-corrected chi connectivity index (χ4v) is 5.95. The first-order chi connectivity index (χ1) is 21.9. The van der Waals surface area contributed by atoms with E-state index in [2.05, 4.69) is 14.5 Å². The van der Waals surface area contributed by atoms with Crippen LogP contribution in [0.5, 0.6) is 5.88 Å². The van der Waals surface area contributed by atoms with E-state index in [1.165, 1.54) is 19.2 Å². The first-order valence-corrected chi connectivity index (χ1v) is 14.9. The molecular weight excluding hydrogens is 582 g/mol. The van der Waals surface area contributed by atoms with Gasteiger partial charge in [-0.15, -0.1) is 0 Å². The summed E-state index contributed by atoms with van der Waals surface area (Å²) in [5.74, 6) is 0.819. The molecule has 0 bridgehead atoms. The second kappa shape index (κ2) is 13.2. The lowest BCUT2D eigenvalue weighted by Crippen LogP contribution is -2.55. The van der Waals surface area contributed by atoms with E-state index < -0.39 is 24.5 Å². The number of imidazole rings is 1. The average Bonchev–Trinajstić information content (AvgIpc) is 3.42. The van der Waals surface area contributed by atoms with Crippen LogP contribution in [0.25, 0.3) is 11.0 Å². The zero-order valence-electron chi connectivity index (χ0n) is 25.2. The molecule has 2 aliphatic rings. The van der Waals surface area contributed by atoms with Crippen molar-refractivity contribution in [1.82, 2.24) is 19.4 Å². The number of piperazine rings is 1. The quantitative estimate of drug-likeness (QED) is 0.232. The highest BCUT2D eigenvalue weighted by Gasteiger charge is 2.34. The summed E-state index contributed by atoms with van der Waals surface area (Å²) in [6, 6.07) is 16.2. The number of pyridine rings is 1. The predicted octanol–water partition coefficient (Wildman–Crippen LogP) is 4.82. The Hall–Kier alpha value is -4.60. The Labute approximate surface area is 259 Å². The minimum atomic E-state index is -0.562. The Balaban J connectivity index is 1.19. The summed E-state index contributed by atoms with van der Waals surface area (Å²) < 4.78 is 47.5. The Morgan fingerprint density at radius 2 is 2.02 bits per heavy atom. The number of alkyl halides is 1. The average molecular weight is 617 g/mol. The summed E-state index contributed by atoms with van der Waals surface area (Å²) in [6.07, 6.45) is 0.992. The van der Waals surface area contributed by atoms with Crippen LogP contribution < -0.4 is 9.64 Å². The molecule has 45 heavy (non-hydrogen) atoms. The van der Waals surface area contributed by atoms with Crippen molar-refractivity contribution in [2.45, 2.75) is 44.7 Å². The standard InChI is InChI=1S/C33H34F2N6O4/c1-21(32-37-28-9-8-23(33(42)43-2)15-29(28)41(32)19-26-10-13-44-26)40-12-11-39(18-25(40)16-34)30-4-3-5-31(38-30)45-20-24-7-6-22(17-36)14-27(24)35/h3-9,14-15,21,25-26H,10-13,16,18-20H2,1-2H3/t21-,25?,26?/m0/s1. The van der Waals surface area contributed by atoms with Gasteiger partial charge in [-0.2, -0.15) is 10.2 Å². The Morgan fingerprint density at radius 1 is 1.18 bits per heavy atom. The summed E-state index contributed by atoms with van der Waals surface area (Å²) in [4.78, 5) is 26.0. The van der Waals surface area contributed by atoms with E-state index in [4.69, 9.17) is 24.5 Å². The van der Waals surface area contributed by atoms with E-state index >= 15 is 0 Å².